The topological polar surface area (TPSA) is 32.8 Å². The van der Waals surface area contributed by atoms with Gasteiger partial charge in [0.05, 0.1) is 12.7 Å². The average molecular weight is 381 g/mol. The molecule has 3 rings (SSSR count). The van der Waals surface area contributed by atoms with Crippen LogP contribution in [0.15, 0.2) is 36.4 Å². The molecule has 0 radical (unpaired) electrons. The highest BCUT2D eigenvalue weighted by Gasteiger charge is 2.24. The lowest BCUT2D eigenvalue weighted by atomic mass is 10.1. The molecule has 1 amide bonds. The zero-order chi connectivity index (χ0) is 18.7. The Morgan fingerprint density at radius 1 is 1.12 bits per heavy atom. The summed E-state index contributed by atoms with van der Waals surface area (Å²) in [6, 6.07) is 8.38. The number of hydrogen-bond acceptors (Lipinski definition) is 3. The first-order valence-electron chi connectivity index (χ1n) is 8.27. The van der Waals surface area contributed by atoms with E-state index in [0.29, 0.717) is 43.5 Å². The van der Waals surface area contributed by atoms with Crippen LogP contribution in [0.5, 0.6) is 5.75 Å². The van der Waals surface area contributed by atoms with Gasteiger partial charge in [-0.2, -0.15) is 0 Å². The van der Waals surface area contributed by atoms with Crippen molar-refractivity contribution in [2.45, 2.75) is 6.54 Å². The van der Waals surface area contributed by atoms with Gasteiger partial charge in [0.25, 0.3) is 5.91 Å². The van der Waals surface area contributed by atoms with Crippen LogP contribution in [0.2, 0.25) is 5.02 Å². The molecule has 1 aliphatic rings. The van der Waals surface area contributed by atoms with Gasteiger partial charge in [0.1, 0.15) is 17.4 Å². The molecule has 7 heteroatoms. The van der Waals surface area contributed by atoms with Gasteiger partial charge in [0, 0.05) is 43.3 Å². The molecule has 0 bridgehead atoms. The molecule has 0 N–H and O–H groups in total. The van der Waals surface area contributed by atoms with Gasteiger partial charge in [-0.1, -0.05) is 11.6 Å². The molecule has 1 saturated heterocycles. The van der Waals surface area contributed by atoms with E-state index in [1.54, 1.807) is 18.1 Å². The van der Waals surface area contributed by atoms with E-state index in [9.17, 15) is 13.6 Å². The summed E-state index contributed by atoms with van der Waals surface area (Å²) in [5.41, 5.74) is 0.742. The number of halogens is 3. The first kappa shape index (κ1) is 18.6. The lowest BCUT2D eigenvalue weighted by Gasteiger charge is -2.35. The number of benzene rings is 2. The standard InChI is InChI=1S/C19H19ClF2N2O2/c1-26-18-5-3-15(21)10-13(18)12-23-6-8-24(9-7-23)19(25)16-11-14(20)2-4-17(16)22/h2-5,10-11H,6-9,12H2,1H3. The van der Waals surface area contributed by atoms with Crippen LogP contribution < -0.4 is 4.74 Å². The van der Waals surface area contributed by atoms with Gasteiger partial charge in [-0.15, -0.1) is 0 Å². The first-order chi connectivity index (χ1) is 12.5. The van der Waals surface area contributed by atoms with Crippen LogP contribution in [0.25, 0.3) is 0 Å². The Morgan fingerprint density at radius 3 is 2.54 bits per heavy atom. The molecule has 1 aliphatic heterocycles. The largest absolute Gasteiger partial charge is 0.496 e. The fourth-order valence-corrected chi connectivity index (χ4v) is 3.22. The van der Waals surface area contributed by atoms with Crippen LogP contribution in [0, 0.1) is 11.6 Å². The molecule has 1 heterocycles. The fraction of sp³-hybridized carbons (Fsp3) is 0.316. The number of piperazine rings is 1. The number of ether oxygens (including phenoxy) is 1. The predicted octanol–water partition coefficient (Wildman–Crippen LogP) is 3.58. The molecule has 1 fully saturated rings. The molecular formula is C19H19ClF2N2O2. The number of carbonyl (C=O) groups is 1. The van der Waals surface area contributed by atoms with E-state index >= 15 is 0 Å². The smallest absolute Gasteiger partial charge is 0.256 e. The van der Waals surface area contributed by atoms with Gasteiger partial charge < -0.3 is 9.64 Å². The van der Waals surface area contributed by atoms with Gasteiger partial charge in [-0.25, -0.2) is 8.78 Å². The SMILES string of the molecule is COc1ccc(F)cc1CN1CCN(C(=O)c2cc(Cl)ccc2F)CC1. The molecule has 0 aromatic heterocycles. The van der Waals surface area contributed by atoms with Crippen molar-refractivity contribution < 1.29 is 18.3 Å². The molecule has 2 aromatic rings. The van der Waals surface area contributed by atoms with Crippen molar-refractivity contribution in [1.29, 1.82) is 0 Å². The monoisotopic (exact) mass is 380 g/mol. The summed E-state index contributed by atoms with van der Waals surface area (Å²) >= 11 is 5.87. The maximum atomic E-state index is 13.9. The molecule has 138 valence electrons. The van der Waals surface area contributed by atoms with Crippen molar-refractivity contribution >= 4 is 17.5 Å². The third-order valence-electron chi connectivity index (χ3n) is 4.45. The van der Waals surface area contributed by atoms with Gasteiger partial charge in [0.15, 0.2) is 0 Å². The van der Waals surface area contributed by atoms with E-state index in [1.807, 2.05) is 0 Å². The van der Waals surface area contributed by atoms with Crippen molar-refractivity contribution in [2.75, 3.05) is 33.3 Å². The van der Waals surface area contributed by atoms with Crippen LogP contribution in [0.4, 0.5) is 8.78 Å². The number of methoxy groups -OCH3 is 1. The second-order valence-corrected chi connectivity index (χ2v) is 6.59. The van der Waals surface area contributed by atoms with Crippen LogP contribution in [-0.4, -0.2) is 49.0 Å². The minimum absolute atomic E-state index is 0.0160. The highest BCUT2D eigenvalue weighted by molar-refractivity contribution is 6.31. The van der Waals surface area contributed by atoms with E-state index in [-0.39, 0.29) is 17.3 Å². The number of nitrogens with zero attached hydrogens (tertiary/aromatic N) is 2. The van der Waals surface area contributed by atoms with E-state index in [4.69, 9.17) is 16.3 Å². The molecule has 0 spiro atoms. The number of rotatable bonds is 4. The van der Waals surface area contributed by atoms with Crippen LogP contribution in [-0.2, 0) is 6.54 Å². The molecule has 0 atom stereocenters. The Balaban J connectivity index is 1.63. The van der Waals surface area contributed by atoms with Crippen molar-refractivity contribution in [2.24, 2.45) is 0 Å². The van der Waals surface area contributed by atoms with Gasteiger partial charge in [0.2, 0.25) is 0 Å². The Bertz CT molecular complexity index is 808. The van der Waals surface area contributed by atoms with Crippen molar-refractivity contribution in [3.63, 3.8) is 0 Å². The van der Waals surface area contributed by atoms with Gasteiger partial charge in [-0.3, -0.25) is 9.69 Å². The zero-order valence-corrected chi connectivity index (χ0v) is 15.1. The Morgan fingerprint density at radius 2 is 1.85 bits per heavy atom. The minimum Gasteiger partial charge on any atom is -0.496 e. The summed E-state index contributed by atoms with van der Waals surface area (Å²) in [6.45, 7) is 2.65. The summed E-state index contributed by atoms with van der Waals surface area (Å²) in [6.07, 6.45) is 0. The predicted molar refractivity (Wildman–Crippen MR) is 95.5 cm³/mol. The minimum atomic E-state index is -0.577. The normalized spacial score (nSPS) is 15.2. The molecule has 0 unspecified atom stereocenters. The third-order valence-corrected chi connectivity index (χ3v) is 4.69. The van der Waals surface area contributed by atoms with Crippen molar-refractivity contribution in [1.82, 2.24) is 9.80 Å². The maximum absolute atomic E-state index is 13.9. The first-order valence-corrected chi connectivity index (χ1v) is 8.65. The Labute approximate surface area is 155 Å². The van der Waals surface area contributed by atoms with Crippen molar-refractivity contribution in [3.8, 4) is 5.75 Å². The average Bonchev–Trinajstić information content (AvgIpc) is 2.64. The lowest BCUT2D eigenvalue weighted by molar-refractivity contribution is 0.0623. The van der Waals surface area contributed by atoms with E-state index < -0.39 is 5.82 Å². The number of carbonyl (C=O) groups excluding carboxylic acids is 1. The second kappa shape index (κ2) is 8.01. The maximum Gasteiger partial charge on any atom is 0.256 e. The fourth-order valence-electron chi connectivity index (χ4n) is 3.05. The molecule has 4 nitrogen and oxygen atoms in total. The van der Waals surface area contributed by atoms with Gasteiger partial charge >= 0.3 is 0 Å². The van der Waals surface area contributed by atoms with Crippen LogP contribution in [0.3, 0.4) is 0 Å². The summed E-state index contributed by atoms with van der Waals surface area (Å²) in [4.78, 5) is 16.2. The molecule has 0 aliphatic carbocycles. The van der Waals surface area contributed by atoms with E-state index in [1.165, 1.54) is 30.3 Å². The molecule has 2 aromatic carbocycles. The summed E-state index contributed by atoms with van der Waals surface area (Å²) < 4.78 is 32.7. The zero-order valence-electron chi connectivity index (χ0n) is 14.3. The summed E-state index contributed by atoms with van der Waals surface area (Å²) in [5.74, 6) is -0.628. The Kier molecular flexibility index (Phi) is 5.74. The summed E-state index contributed by atoms with van der Waals surface area (Å²) in [5, 5.41) is 0.326. The number of amides is 1. The van der Waals surface area contributed by atoms with E-state index in [0.717, 1.165) is 5.56 Å². The van der Waals surface area contributed by atoms with Crippen LogP contribution in [0.1, 0.15) is 15.9 Å². The highest BCUT2D eigenvalue weighted by Crippen LogP contribution is 2.22. The number of hydrogen-bond donors (Lipinski definition) is 0. The van der Waals surface area contributed by atoms with Crippen LogP contribution >= 0.6 is 11.6 Å². The molecule has 26 heavy (non-hydrogen) atoms. The van der Waals surface area contributed by atoms with Gasteiger partial charge in [-0.05, 0) is 36.4 Å². The van der Waals surface area contributed by atoms with E-state index in [2.05, 4.69) is 4.90 Å². The highest BCUT2D eigenvalue weighted by atomic mass is 35.5. The Hall–Kier alpha value is -2.18. The second-order valence-electron chi connectivity index (χ2n) is 6.15. The summed E-state index contributed by atoms with van der Waals surface area (Å²) in [7, 11) is 1.55. The molecular weight excluding hydrogens is 362 g/mol. The third kappa shape index (κ3) is 4.14. The quantitative estimate of drug-likeness (QED) is 0.812. The molecule has 0 saturated carbocycles. The lowest BCUT2D eigenvalue weighted by Crippen LogP contribution is -2.48. The van der Waals surface area contributed by atoms with Crippen molar-refractivity contribution in [3.05, 3.63) is 64.2 Å².